The molecule has 0 saturated heterocycles. The first-order valence-corrected chi connectivity index (χ1v) is 7.53. The molecule has 6 nitrogen and oxygen atoms in total. The minimum Gasteiger partial charge on any atom is -0.332 e. The van der Waals surface area contributed by atoms with Crippen LogP contribution in [0.1, 0.15) is 25.2 Å². The molecular weight excluding hydrogens is 292 g/mol. The number of aromatic amines is 1. The van der Waals surface area contributed by atoms with E-state index in [0.29, 0.717) is 23.1 Å². The van der Waals surface area contributed by atoms with E-state index in [9.17, 15) is 4.79 Å². The second-order valence-corrected chi connectivity index (χ2v) is 5.91. The molecule has 3 aromatic rings. The van der Waals surface area contributed by atoms with Gasteiger partial charge in [-0.25, -0.2) is 4.98 Å². The maximum Gasteiger partial charge on any atom is 0.276 e. The minimum absolute atomic E-state index is 0.215. The number of nitrogens with one attached hydrogen (secondary N) is 1. The number of nitrogens with zero attached hydrogens (tertiary/aromatic N) is 3. The molecule has 0 aliphatic rings. The van der Waals surface area contributed by atoms with Crippen molar-refractivity contribution in [3.63, 3.8) is 0 Å². The van der Waals surface area contributed by atoms with Crippen molar-refractivity contribution in [2.45, 2.75) is 27.2 Å². The van der Waals surface area contributed by atoms with Gasteiger partial charge in [-0.15, -0.1) is 0 Å². The summed E-state index contributed by atoms with van der Waals surface area (Å²) in [6.45, 7) is 6.10. The van der Waals surface area contributed by atoms with Crippen LogP contribution in [-0.4, -0.2) is 20.1 Å². The van der Waals surface area contributed by atoms with Gasteiger partial charge in [0.15, 0.2) is 0 Å². The SMILES string of the molecule is Cc1cccc(-c2nc(-c3ccc(CC(C)C)[nH]c3=O)no2)n1. The van der Waals surface area contributed by atoms with Crippen LogP contribution >= 0.6 is 0 Å². The topological polar surface area (TPSA) is 84.7 Å². The highest BCUT2D eigenvalue weighted by atomic mass is 16.5. The fourth-order valence-electron chi connectivity index (χ4n) is 2.35. The molecule has 1 N–H and O–H groups in total. The Bertz CT molecular complexity index is 880. The van der Waals surface area contributed by atoms with Crippen molar-refractivity contribution in [1.82, 2.24) is 20.1 Å². The minimum atomic E-state index is -0.215. The van der Waals surface area contributed by atoms with E-state index in [0.717, 1.165) is 17.8 Å². The lowest BCUT2D eigenvalue weighted by molar-refractivity contribution is 0.431. The highest BCUT2D eigenvalue weighted by molar-refractivity contribution is 5.56. The summed E-state index contributed by atoms with van der Waals surface area (Å²) in [5, 5.41) is 3.90. The highest BCUT2D eigenvalue weighted by Gasteiger charge is 2.14. The maximum absolute atomic E-state index is 12.2. The molecule has 0 aliphatic heterocycles. The van der Waals surface area contributed by atoms with Crippen LogP contribution in [0, 0.1) is 12.8 Å². The van der Waals surface area contributed by atoms with Gasteiger partial charge in [0.05, 0.1) is 5.56 Å². The van der Waals surface area contributed by atoms with Crippen molar-refractivity contribution in [1.29, 1.82) is 0 Å². The van der Waals surface area contributed by atoms with Crippen LogP contribution in [0.2, 0.25) is 0 Å². The van der Waals surface area contributed by atoms with Crippen LogP contribution in [0.25, 0.3) is 23.0 Å². The zero-order chi connectivity index (χ0) is 16.4. The molecular formula is C17H18N4O2. The van der Waals surface area contributed by atoms with Crippen LogP contribution in [0.15, 0.2) is 39.6 Å². The van der Waals surface area contributed by atoms with Gasteiger partial charge in [-0.1, -0.05) is 25.1 Å². The molecule has 0 aromatic carbocycles. The second-order valence-electron chi connectivity index (χ2n) is 5.91. The Hall–Kier alpha value is -2.76. The monoisotopic (exact) mass is 310 g/mol. The van der Waals surface area contributed by atoms with E-state index in [4.69, 9.17) is 4.52 Å². The quantitative estimate of drug-likeness (QED) is 0.800. The van der Waals surface area contributed by atoms with Gasteiger partial charge in [0.1, 0.15) is 5.69 Å². The Morgan fingerprint density at radius 2 is 2.00 bits per heavy atom. The van der Waals surface area contributed by atoms with Crippen molar-refractivity contribution < 1.29 is 4.52 Å². The van der Waals surface area contributed by atoms with Crippen molar-refractivity contribution in [2.75, 3.05) is 0 Å². The average molecular weight is 310 g/mol. The lowest BCUT2D eigenvalue weighted by Crippen LogP contribution is -2.13. The Morgan fingerprint density at radius 3 is 2.70 bits per heavy atom. The Morgan fingerprint density at radius 1 is 1.17 bits per heavy atom. The van der Waals surface area contributed by atoms with Crippen molar-refractivity contribution in [3.8, 4) is 23.0 Å². The summed E-state index contributed by atoms with van der Waals surface area (Å²) in [5.74, 6) is 1.04. The lowest BCUT2D eigenvalue weighted by atomic mass is 10.1. The van der Waals surface area contributed by atoms with Gasteiger partial charge in [0.2, 0.25) is 5.82 Å². The van der Waals surface area contributed by atoms with E-state index >= 15 is 0 Å². The Balaban J connectivity index is 1.93. The molecule has 3 aromatic heterocycles. The molecule has 0 saturated carbocycles. The molecule has 0 atom stereocenters. The summed E-state index contributed by atoms with van der Waals surface area (Å²) in [6.07, 6.45) is 0.820. The standard InChI is InChI=1S/C17H18N4O2/c1-10(2)9-12-7-8-13(16(22)19-12)15-20-17(23-21-15)14-6-4-5-11(3)18-14/h4-8,10H,9H2,1-3H3,(H,19,22). The fraction of sp³-hybridized carbons (Fsp3) is 0.294. The van der Waals surface area contributed by atoms with Crippen molar-refractivity contribution in [2.24, 2.45) is 5.92 Å². The summed E-state index contributed by atoms with van der Waals surface area (Å²) in [5.41, 5.74) is 2.53. The van der Waals surface area contributed by atoms with Gasteiger partial charge in [-0.05, 0) is 43.5 Å². The Kier molecular flexibility index (Phi) is 4.06. The summed E-state index contributed by atoms with van der Waals surface area (Å²) in [4.78, 5) is 23.7. The van der Waals surface area contributed by atoms with E-state index in [1.807, 2.05) is 25.1 Å². The summed E-state index contributed by atoms with van der Waals surface area (Å²) < 4.78 is 5.23. The van der Waals surface area contributed by atoms with Gasteiger partial charge in [0, 0.05) is 11.4 Å². The first kappa shape index (κ1) is 15.1. The zero-order valence-corrected chi connectivity index (χ0v) is 13.3. The lowest BCUT2D eigenvalue weighted by Gasteiger charge is -2.04. The molecule has 23 heavy (non-hydrogen) atoms. The predicted molar refractivity (Wildman–Crippen MR) is 86.9 cm³/mol. The number of pyridine rings is 2. The van der Waals surface area contributed by atoms with Gasteiger partial charge in [-0.3, -0.25) is 4.79 Å². The molecule has 0 amide bonds. The summed E-state index contributed by atoms with van der Waals surface area (Å²) in [6, 6.07) is 9.17. The number of rotatable bonds is 4. The van der Waals surface area contributed by atoms with Crippen LogP contribution in [0.3, 0.4) is 0 Å². The molecule has 0 fully saturated rings. The maximum atomic E-state index is 12.2. The molecule has 0 unspecified atom stereocenters. The molecule has 3 heterocycles. The third-order valence-corrected chi connectivity index (χ3v) is 3.37. The van der Waals surface area contributed by atoms with E-state index in [1.54, 1.807) is 12.1 Å². The number of hydrogen-bond donors (Lipinski definition) is 1. The largest absolute Gasteiger partial charge is 0.332 e. The van der Waals surface area contributed by atoms with Crippen LogP contribution in [-0.2, 0) is 6.42 Å². The molecule has 6 heteroatoms. The fourth-order valence-corrected chi connectivity index (χ4v) is 2.35. The first-order chi connectivity index (χ1) is 11.0. The molecule has 0 spiro atoms. The first-order valence-electron chi connectivity index (χ1n) is 7.53. The predicted octanol–water partition coefficient (Wildman–Crippen LogP) is 2.99. The van der Waals surface area contributed by atoms with Gasteiger partial charge >= 0.3 is 0 Å². The number of hydrogen-bond acceptors (Lipinski definition) is 5. The van der Waals surface area contributed by atoms with Crippen LogP contribution in [0.4, 0.5) is 0 Å². The van der Waals surface area contributed by atoms with Gasteiger partial charge in [-0.2, -0.15) is 4.98 Å². The van der Waals surface area contributed by atoms with Crippen molar-refractivity contribution >= 4 is 0 Å². The van der Waals surface area contributed by atoms with Gasteiger partial charge in [0.25, 0.3) is 11.4 Å². The normalized spacial score (nSPS) is 11.1. The van der Waals surface area contributed by atoms with Crippen LogP contribution < -0.4 is 5.56 Å². The van der Waals surface area contributed by atoms with E-state index < -0.39 is 0 Å². The number of H-pyrrole nitrogens is 1. The molecule has 0 radical (unpaired) electrons. The second kappa shape index (κ2) is 6.16. The van der Waals surface area contributed by atoms with E-state index in [1.165, 1.54) is 0 Å². The third-order valence-electron chi connectivity index (χ3n) is 3.37. The van der Waals surface area contributed by atoms with Crippen LogP contribution in [0.5, 0.6) is 0 Å². The number of aromatic nitrogens is 4. The zero-order valence-electron chi connectivity index (χ0n) is 13.3. The molecule has 118 valence electrons. The van der Waals surface area contributed by atoms with E-state index in [2.05, 4.69) is 34.0 Å². The molecule has 0 aliphatic carbocycles. The van der Waals surface area contributed by atoms with E-state index in [-0.39, 0.29) is 11.4 Å². The Labute approximate surface area is 133 Å². The summed E-state index contributed by atoms with van der Waals surface area (Å²) >= 11 is 0. The summed E-state index contributed by atoms with van der Waals surface area (Å²) in [7, 11) is 0. The molecule has 3 rings (SSSR count). The third kappa shape index (κ3) is 3.36. The van der Waals surface area contributed by atoms with Gasteiger partial charge < -0.3 is 9.51 Å². The average Bonchev–Trinajstić information content (AvgIpc) is 2.96. The number of aryl methyl sites for hydroxylation is 1. The smallest absolute Gasteiger partial charge is 0.276 e. The molecule has 0 bridgehead atoms. The highest BCUT2D eigenvalue weighted by Crippen LogP contribution is 2.19. The van der Waals surface area contributed by atoms with Crippen molar-refractivity contribution in [3.05, 3.63) is 52.1 Å².